The number of alkyl halides is 3. The maximum atomic E-state index is 12.4. The van der Waals surface area contributed by atoms with E-state index in [-0.39, 0.29) is 17.9 Å². The minimum Gasteiger partial charge on any atom is -0.487 e. The molecule has 32 heavy (non-hydrogen) atoms. The van der Waals surface area contributed by atoms with Crippen molar-refractivity contribution in [2.24, 2.45) is 0 Å². The molecular weight excluding hydrogens is 423 g/mol. The first-order chi connectivity index (χ1) is 15.4. The number of aromatic nitrogens is 2. The van der Waals surface area contributed by atoms with Gasteiger partial charge < -0.3 is 19.2 Å². The van der Waals surface area contributed by atoms with E-state index in [1.807, 2.05) is 35.0 Å². The van der Waals surface area contributed by atoms with Crippen molar-refractivity contribution in [1.82, 2.24) is 9.38 Å². The zero-order valence-electron chi connectivity index (χ0n) is 16.7. The first-order valence-corrected chi connectivity index (χ1v) is 9.62. The van der Waals surface area contributed by atoms with Gasteiger partial charge in [0, 0.05) is 29.7 Å². The Balaban J connectivity index is 1.35. The third-order valence-corrected chi connectivity index (χ3v) is 4.41. The van der Waals surface area contributed by atoms with Crippen LogP contribution in [0.1, 0.15) is 16.1 Å². The summed E-state index contributed by atoms with van der Waals surface area (Å²) in [5, 5.41) is 2.73. The number of nitrogens with zero attached hydrogens (tertiary/aromatic N) is 2. The zero-order valence-corrected chi connectivity index (χ0v) is 16.7. The van der Waals surface area contributed by atoms with Crippen molar-refractivity contribution in [3.63, 3.8) is 0 Å². The number of nitrogens with one attached hydrogen (secondary N) is 1. The molecule has 0 bridgehead atoms. The highest BCUT2D eigenvalue weighted by Crippen LogP contribution is 2.21. The van der Waals surface area contributed by atoms with Crippen LogP contribution in [0.5, 0.6) is 11.5 Å². The standard InChI is InChI=1S/C23H18F3N3O3/c24-23(25,26)15-32-19-9-7-16(8-10-19)22(30)28-17-4-3-5-20(12-17)31-14-18-13-29-11-2-1-6-21(29)27-18/h1-13H,14-15H2,(H,28,30). The van der Waals surface area contributed by atoms with E-state index in [1.165, 1.54) is 24.3 Å². The van der Waals surface area contributed by atoms with Crippen LogP contribution in [0.25, 0.3) is 5.65 Å². The van der Waals surface area contributed by atoms with Gasteiger partial charge in [-0.05, 0) is 48.5 Å². The van der Waals surface area contributed by atoms with Gasteiger partial charge in [0.05, 0.1) is 5.69 Å². The number of anilines is 1. The lowest BCUT2D eigenvalue weighted by Crippen LogP contribution is -2.19. The Hall–Kier alpha value is -4.01. The maximum absolute atomic E-state index is 12.4. The molecule has 0 fully saturated rings. The van der Waals surface area contributed by atoms with Crippen LogP contribution >= 0.6 is 0 Å². The number of carbonyl (C=O) groups is 1. The Kier molecular flexibility index (Phi) is 5.98. The Morgan fingerprint density at radius 1 is 0.969 bits per heavy atom. The summed E-state index contributed by atoms with van der Waals surface area (Å²) in [6, 6.07) is 18.0. The van der Waals surface area contributed by atoms with Gasteiger partial charge in [0.2, 0.25) is 0 Å². The number of carbonyl (C=O) groups excluding carboxylic acids is 1. The number of halogens is 3. The zero-order chi connectivity index (χ0) is 22.6. The third kappa shape index (κ3) is 5.57. The molecule has 2 heterocycles. The quantitative estimate of drug-likeness (QED) is 0.433. The second-order valence-electron chi connectivity index (χ2n) is 6.90. The molecule has 9 heteroatoms. The second kappa shape index (κ2) is 9.01. The second-order valence-corrected chi connectivity index (χ2v) is 6.90. The van der Waals surface area contributed by atoms with Gasteiger partial charge in [0.25, 0.3) is 5.91 Å². The molecule has 4 aromatic rings. The van der Waals surface area contributed by atoms with Crippen LogP contribution in [0.15, 0.2) is 79.1 Å². The highest BCUT2D eigenvalue weighted by molar-refractivity contribution is 6.04. The van der Waals surface area contributed by atoms with E-state index < -0.39 is 18.7 Å². The molecule has 4 rings (SSSR count). The van der Waals surface area contributed by atoms with Crippen molar-refractivity contribution < 1.29 is 27.4 Å². The molecule has 0 aliphatic rings. The minimum absolute atomic E-state index is 0.0289. The fourth-order valence-corrected chi connectivity index (χ4v) is 2.95. The Morgan fingerprint density at radius 2 is 1.78 bits per heavy atom. The number of imidazole rings is 1. The molecule has 6 nitrogen and oxygen atoms in total. The van der Waals surface area contributed by atoms with E-state index in [1.54, 1.807) is 24.3 Å². The summed E-state index contributed by atoms with van der Waals surface area (Å²) < 4.78 is 49.0. The molecule has 1 amide bonds. The molecule has 0 radical (unpaired) electrons. The molecule has 0 saturated carbocycles. The van der Waals surface area contributed by atoms with Gasteiger partial charge in [-0.25, -0.2) is 4.98 Å². The van der Waals surface area contributed by atoms with Crippen molar-refractivity contribution in [3.05, 3.63) is 90.4 Å². The van der Waals surface area contributed by atoms with Gasteiger partial charge >= 0.3 is 6.18 Å². The van der Waals surface area contributed by atoms with Crippen molar-refractivity contribution in [2.45, 2.75) is 12.8 Å². The third-order valence-electron chi connectivity index (χ3n) is 4.41. The largest absolute Gasteiger partial charge is 0.487 e. The van der Waals surface area contributed by atoms with E-state index in [9.17, 15) is 18.0 Å². The van der Waals surface area contributed by atoms with Crippen LogP contribution in [-0.2, 0) is 6.61 Å². The van der Waals surface area contributed by atoms with Gasteiger partial charge in [-0.2, -0.15) is 13.2 Å². The van der Waals surface area contributed by atoms with E-state index in [0.717, 1.165) is 11.3 Å². The summed E-state index contributed by atoms with van der Waals surface area (Å²) in [4.78, 5) is 16.9. The predicted octanol–water partition coefficient (Wildman–Crippen LogP) is 5.11. The number of hydrogen-bond donors (Lipinski definition) is 1. The van der Waals surface area contributed by atoms with Crippen molar-refractivity contribution in [3.8, 4) is 11.5 Å². The lowest BCUT2D eigenvalue weighted by atomic mass is 10.2. The molecular formula is C23H18F3N3O3. The lowest BCUT2D eigenvalue weighted by molar-refractivity contribution is -0.153. The molecule has 0 spiro atoms. The average Bonchev–Trinajstić information content (AvgIpc) is 3.19. The summed E-state index contributed by atoms with van der Waals surface area (Å²) >= 11 is 0. The van der Waals surface area contributed by atoms with E-state index >= 15 is 0 Å². The minimum atomic E-state index is -4.42. The van der Waals surface area contributed by atoms with E-state index in [2.05, 4.69) is 15.0 Å². The first-order valence-electron chi connectivity index (χ1n) is 9.62. The average molecular weight is 441 g/mol. The van der Waals surface area contributed by atoms with Crippen LogP contribution in [-0.4, -0.2) is 28.1 Å². The van der Waals surface area contributed by atoms with Gasteiger partial charge in [-0.3, -0.25) is 4.79 Å². The lowest BCUT2D eigenvalue weighted by Gasteiger charge is -2.10. The topological polar surface area (TPSA) is 64.9 Å². The normalized spacial score (nSPS) is 11.3. The highest BCUT2D eigenvalue weighted by atomic mass is 19.4. The summed E-state index contributed by atoms with van der Waals surface area (Å²) in [7, 11) is 0. The van der Waals surface area contributed by atoms with Gasteiger partial charge in [0.15, 0.2) is 6.61 Å². The number of amides is 1. The van der Waals surface area contributed by atoms with Crippen molar-refractivity contribution >= 4 is 17.2 Å². The molecule has 0 aliphatic heterocycles. The maximum Gasteiger partial charge on any atom is 0.422 e. The number of pyridine rings is 1. The SMILES string of the molecule is O=C(Nc1cccc(OCc2cn3ccccc3n2)c1)c1ccc(OCC(F)(F)F)cc1. The van der Waals surface area contributed by atoms with Gasteiger partial charge in [-0.1, -0.05) is 12.1 Å². The van der Waals surface area contributed by atoms with E-state index in [4.69, 9.17) is 4.74 Å². The number of benzene rings is 2. The fourth-order valence-electron chi connectivity index (χ4n) is 2.95. The number of fused-ring (bicyclic) bond motifs is 1. The van der Waals surface area contributed by atoms with Crippen LogP contribution in [0.4, 0.5) is 18.9 Å². The fraction of sp³-hybridized carbons (Fsp3) is 0.130. The van der Waals surface area contributed by atoms with Crippen molar-refractivity contribution in [2.75, 3.05) is 11.9 Å². The molecule has 2 aromatic carbocycles. The van der Waals surface area contributed by atoms with Gasteiger partial charge in [-0.15, -0.1) is 0 Å². The summed E-state index contributed by atoms with van der Waals surface area (Å²) in [5.41, 5.74) is 2.38. The molecule has 0 aliphatic carbocycles. The summed E-state index contributed by atoms with van der Waals surface area (Å²) in [6.45, 7) is -1.13. The molecule has 0 saturated heterocycles. The monoisotopic (exact) mass is 441 g/mol. The van der Waals surface area contributed by atoms with Gasteiger partial charge in [0.1, 0.15) is 23.8 Å². The molecule has 0 atom stereocenters. The molecule has 2 aromatic heterocycles. The Labute approximate surface area is 181 Å². The smallest absolute Gasteiger partial charge is 0.422 e. The van der Waals surface area contributed by atoms with E-state index in [0.29, 0.717) is 11.4 Å². The number of rotatable bonds is 7. The highest BCUT2D eigenvalue weighted by Gasteiger charge is 2.28. The van der Waals surface area contributed by atoms with Crippen molar-refractivity contribution in [1.29, 1.82) is 0 Å². The van der Waals surface area contributed by atoms with Crippen LogP contribution in [0.3, 0.4) is 0 Å². The van der Waals surface area contributed by atoms with Crippen LogP contribution in [0.2, 0.25) is 0 Å². The Bertz CT molecular complexity index is 1190. The molecule has 1 N–H and O–H groups in total. The number of hydrogen-bond acceptors (Lipinski definition) is 4. The predicted molar refractivity (Wildman–Crippen MR) is 112 cm³/mol. The Morgan fingerprint density at radius 3 is 2.53 bits per heavy atom. The van der Waals surface area contributed by atoms with Crippen LogP contribution in [0, 0.1) is 0 Å². The molecule has 0 unspecified atom stereocenters. The molecule has 164 valence electrons. The summed E-state index contributed by atoms with van der Waals surface area (Å²) in [5.74, 6) is 0.168. The summed E-state index contributed by atoms with van der Waals surface area (Å²) in [6.07, 6.45) is -0.644. The van der Waals surface area contributed by atoms with Crippen LogP contribution < -0.4 is 14.8 Å². The first kappa shape index (κ1) is 21.2. The number of ether oxygens (including phenoxy) is 2.